The lowest BCUT2D eigenvalue weighted by Crippen LogP contribution is -2.37. The summed E-state index contributed by atoms with van der Waals surface area (Å²) in [7, 11) is 0. The highest BCUT2D eigenvalue weighted by atomic mass is 32.1. The average molecular weight is 282 g/mol. The largest absolute Gasteiger partial charge is 0.378 e. The van der Waals surface area contributed by atoms with Gasteiger partial charge in [-0.25, -0.2) is 4.98 Å². The van der Waals surface area contributed by atoms with Crippen molar-refractivity contribution in [2.75, 3.05) is 13.2 Å². The molecule has 0 bridgehead atoms. The maximum absolute atomic E-state index is 5.87. The van der Waals surface area contributed by atoms with E-state index in [1.54, 1.807) is 11.3 Å². The molecular formula is C15H26N2OS. The summed E-state index contributed by atoms with van der Waals surface area (Å²) in [4.78, 5) is 4.59. The van der Waals surface area contributed by atoms with Crippen LogP contribution in [0.5, 0.6) is 0 Å². The summed E-state index contributed by atoms with van der Waals surface area (Å²) in [6, 6.07) is 0.504. The number of hydrogen-bond donors (Lipinski definition) is 1. The van der Waals surface area contributed by atoms with Crippen molar-refractivity contribution in [2.24, 2.45) is 0 Å². The maximum Gasteiger partial charge on any atom is 0.0897 e. The van der Waals surface area contributed by atoms with E-state index in [2.05, 4.69) is 29.5 Å². The van der Waals surface area contributed by atoms with Crippen LogP contribution in [0.25, 0.3) is 0 Å². The number of ether oxygens (including phenoxy) is 1. The van der Waals surface area contributed by atoms with Gasteiger partial charge in [0, 0.05) is 24.4 Å². The molecule has 1 N–H and O–H groups in total. The van der Waals surface area contributed by atoms with E-state index in [1.165, 1.54) is 31.4 Å². The van der Waals surface area contributed by atoms with E-state index in [9.17, 15) is 0 Å². The Morgan fingerprint density at radius 3 is 3.05 bits per heavy atom. The summed E-state index contributed by atoms with van der Waals surface area (Å²) in [5, 5.41) is 7.02. The van der Waals surface area contributed by atoms with Crippen LogP contribution in [-0.2, 0) is 11.2 Å². The molecule has 1 saturated heterocycles. The van der Waals surface area contributed by atoms with Crippen LogP contribution in [0.15, 0.2) is 5.38 Å². The van der Waals surface area contributed by atoms with Crippen molar-refractivity contribution in [3.8, 4) is 0 Å². The Morgan fingerprint density at radius 1 is 1.53 bits per heavy atom. The summed E-state index contributed by atoms with van der Waals surface area (Å²) in [6.07, 6.45) is 7.55. The molecule has 1 fully saturated rings. The van der Waals surface area contributed by atoms with Gasteiger partial charge in [0.15, 0.2) is 0 Å². The van der Waals surface area contributed by atoms with Crippen LogP contribution in [0.2, 0.25) is 0 Å². The van der Waals surface area contributed by atoms with Gasteiger partial charge < -0.3 is 10.1 Å². The van der Waals surface area contributed by atoms with Crippen LogP contribution < -0.4 is 5.32 Å². The SMILES string of the molecule is CCCNC(Cc1csc(C)n1)CC1CCCCO1. The fraction of sp³-hybridized carbons (Fsp3) is 0.800. The van der Waals surface area contributed by atoms with Crippen LogP contribution in [0.4, 0.5) is 0 Å². The molecule has 3 nitrogen and oxygen atoms in total. The van der Waals surface area contributed by atoms with Gasteiger partial charge in [-0.05, 0) is 45.6 Å². The number of aromatic nitrogens is 1. The Bertz CT molecular complexity index is 361. The monoisotopic (exact) mass is 282 g/mol. The minimum atomic E-state index is 0.447. The Balaban J connectivity index is 1.86. The van der Waals surface area contributed by atoms with Crippen LogP contribution in [0, 0.1) is 6.92 Å². The van der Waals surface area contributed by atoms with Gasteiger partial charge >= 0.3 is 0 Å². The number of rotatable bonds is 7. The molecule has 2 rings (SSSR count). The summed E-state index contributed by atoms with van der Waals surface area (Å²) in [5.74, 6) is 0. The summed E-state index contributed by atoms with van der Waals surface area (Å²) < 4.78 is 5.87. The Morgan fingerprint density at radius 2 is 2.42 bits per heavy atom. The minimum Gasteiger partial charge on any atom is -0.378 e. The summed E-state index contributed by atoms with van der Waals surface area (Å²) in [5.41, 5.74) is 1.23. The van der Waals surface area contributed by atoms with E-state index >= 15 is 0 Å². The number of aryl methyl sites for hydroxylation is 1. The minimum absolute atomic E-state index is 0.447. The van der Waals surface area contributed by atoms with Gasteiger partial charge in [0.2, 0.25) is 0 Å². The lowest BCUT2D eigenvalue weighted by molar-refractivity contribution is 0.00522. The molecule has 0 amide bonds. The fourth-order valence-electron chi connectivity index (χ4n) is 2.65. The van der Waals surface area contributed by atoms with Gasteiger partial charge in [0.05, 0.1) is 16.8 Å². The zero-order chi connectivity index (χ0) is 13.5. The van der Waals surface area contributed by atoms with Crippen molar-refractivity contribution in [3.63, 3.8) is 0 Å². The molecule has 4 heteroatoms. The molecule has 2 unspecified atom stereocenters. The van der Waals surface area contributed by atoms with Gasteiger partial charge in [-0.1, -0.05) is 6.92 Å². The standard InChI is InChI=1S/C15H26N2OS/c1-3-7-16-13(9-14-11-19-12(2)17-14)10-15-6-4-5-8-18-15/h11,13,15-16H,3-10H2,1-2H3. The molecule has 1 aromatic heterocycles. The molecule has 1 aromatic rings. The van der Waals surface area contributed by atoms with Gasteiger partial charge in [-0.2, -0.15) is 0 Å². The second-order valence-corrected chi connectivity index (χ2v) is 6.50. The van der Waals surface area contributed by atoms with Crippen molar-refractivity contribution in [2.45, 2.75) is 64.5 Å². The fourth-order valence-corrected chi connectivity index (χ4v) is 3.28. The van der Waals surface area contributed by atoms with Crippen molar-refractivity contribution < 1.29 is 4.74 Å². The molecular weight excluding hydrogens is 256 g/mol. The number of hydrogen-bond acceptors (Lipinski definition) is 4. The van der Waals surface area contributed by atoms with Crippen molar-refractivity contribution in [3.05, 3.63) is 16.1 Å². The second-order valence-electron chi connectivity index (χ2n) is 5.44. The quantitative estimate of drug-likeness (QED) is 0.833. The molecule has 2 heterocycles. The molecule has 19 heavy (non-hydrogen) atoms. The van der Waals surface area contributed by atoms with Gasteiger partial charge in [-0.15, -0.1) is 11.3 Å². The third-order valence-corrected chi connectivity index (χ3v) is 4.45. The Hall–Kier alpha value is -0.450. The third-order valence-electron chi connectivity index (χ3n) is 3.63. The van der Waals surface area contributed by atoms with Crippen molar-refractivity contribution in [1.82, 2.24) is 10.3 Å². The molecule has 108 valence electrons. The topological polar surface area (TPSA) is 34.2 Å². The van der Waals surface area contributed by atoms with Crippen LogP contribution >= 0.6 is 11.3 Å². The van der Waals surface area contributed by atoms with Crippen molar-refractivity contribution >= 4 is 11.3 Å². The van der Waals surface area contributed by atoms with E-state index in [4.69, 9.17) is 4.74 Å². The highest BCUT2D eigenvalue weighted by Crippen LogP contribution is 2.19. The van der Waals surface area contributed by atoms with E-state index in [-0.39, 0.29) is 0 Å². The van der Waals surface area contributed by atoms with Crippen molar-refractivity contribution in [1.29, 1.82) is 0 Å². The number of nitrogens with zero attached hydrogens (tertiary/aromatic N) is 1. The smallest absolute Gasteiger partial charge is 0.0897 e. The molecule has 0 saturated carbocycles. The van der Waals surface area contributed by atoms with Gasteiger partial charge in [0.25, 0.3) is 0 Å². The molecule has 2 atom stereocenters. The molecule has 1 aliphatic rings. The first-order valence-corrected chi connectivity index (χ1v) is 8.42. The molecule has 0 radical (unpaired) electrons. The predicted molar refractivity (Wildman–Crippen MR) is 80.8 cm³/mol. The van der Waals surface area contributed by atoms with E-state index < -0.39 is 0 Å². The average Bonchev–Trinajstić information content (AvgIpc) is 2.82. The van der Waals surface area contributed by atoms with E-state index in [1.807, 2.05) is 0 Å². The molecule has 0 aliphatic carbocycles. The lowest BCUT2D eigenvalue weighted by atomic mass is 9.99. The first-order valence-electron chi connectivity index (χ1n) is 7.54. The van der Waals surface area contributed by atoms with E-state index in [0.717, 1.165) is 31.0 Å². The van der Waals surface area contributed by atoms with Crippen LogP contribution in [0.1, 0.15) is 49.7 Å². The number of thiazole rings is 1. The zero-order valence-electron chi connectivity index (χ0n) is 12.2. The highest BCUT2D eigenvalue weighted by Gasteiger charge is 2.20. The second kappa shape index (κ2) is 7.98. The number of nitrogens with one attached hydrogen (secondary N) is 1. The van der Waals surface area contributed by atoms with Gasteiger partial charge in [0.1, 0.15) is 0 Å². The molecule has 0 aromatic carbocycles. The Labute approximate surface area is 120 Å². The summed E-state index contributed by atoms with van der Waals surface area (Å²) in [6.45, 7) is 6.32. The van der Waals surface area contributed by atoms with E-state index in [0.29, 0.717) is 12.1 Å². The highest BCUT2D eigenvalue weighted by molar-refractivity contribution is 7.09. The Kier molecular flexibility index (Phi) is 6.28. The maximum atomic E-state index is 5.87. The molecule has 1 aliphatic heterocycles. The normalized spacial score (nSPS) is 21.5. The molecule has 0 spiro atoms. The first-order chi connectivity index (χ1) is 9.28. The van der Waals surface area contributed by atoms with Crippen LogP contribution in [0.3, 0.4) is 0 Å². The van der Waals surface area contributed by atoms with Gasteiger partial charge in [-0.3, -0.25) is 0 Å². The third kappa shape index (κ3) is 5.21. The zero-order valence-corrected chi connectivity index (χ0v) is 13.0. The van der Waals surface area contributed by atoms with Crippen LogP contribution in [-0.4, -0.2) is 30.3 Å². The predicted octanol–water partition coefficient (Wildman–Crippen LogP) is 3.32. The first kappa shape index (κ1) is 14.9. The summed E-state index contributed by atoms with van der Waals surface area (Å²) >= 11 is 1.75. The lowest BCUT2D eigenvalue weighted by Gasteiger charge is -2.27.